The summed E-state index contributed by atoms with van der Waals surface area (Å²) in [5.41, 5.74) is 9.74. The molecule has 156 valence electrons. The van der Waals surface area contributed by atoms with Crippen molar-refractivity contribution in [2.24, 2.45) is 7.05 Å². The third-order valence-corrected chi connectivity index (χ3v) is 4.93. The molecule has 0 unspecified atom stereocenters. The fourth-order valence-electron chi connectivity index (χ4n) is 3.25. The zero-order valence-electron chi connectivity index (χ0n) is 17.4. The Morgan fingerprint density at radius 1 is 0.967 bits per heavy atom. The van der Waals surface area contributed by atoms with Gasteiger partial charge in [0.05, 0.1) is 5.69 Å². The van der Waals surface area contributed by atoms with Gasteiger partial charge in [-0.2, -0.15) is 5.10 Å². The molecule has 0 aliphatic carbocycles. The number of aromatic nitrogens is 2. The van der Waals surface area contributed by atoms with Gasteiger partial charge >= 0.3 is 0 Å². The summed E-state index contributed by atoms with van der Waals surface area (Å²) in [6.07, 6.45) is 0.819. The number of hydrogen-bond donors (Lipinski definition) is 2. The van der Waals surface area contributed by atoms with Crippen LogP contribution in [0.25, 0.3) is 11.1 Å². The monoisotopic (exact) mass is 406 g/mol. The quantitative estimate of drug-likeness (QED) is 0.591. The standard InChI is InChI=1S/C23H26N4O3/c1-16-19(17(2)27(3)26-16)13-14-22(28)24-25-23(29)15-30-21-12-8-7-11-20(21)18-9-5-4-6-10-18/h4-12H,13-15H2,1-3H3,(H,24,28)(H,25,29). The minimum Gasteiger partial charge on any atom is -0.483 e. The summed E-state index contributed by atoms with van der Waals surface area (Å²) in [6, 6.07) is 17.3. The zero-order chi connectivity index (χ0) is 21.5. The van der Waals surface area contributed by atoms with Crippen LogP contribution in [-0.4, -0.2) is 28.2 Å². The Morgan fingerprint density at radius 2 is 1.63 bits per heavy atom. The molecule has 0 aliphatic heterocycles. The summed E-state index contributed by atoms with van der Waals surface area (Å²) >= 11 is 0. The van der Waals surface area contributed by atoms with Crippen LogP contribution in [0.4, 0.5) is 0 Å². The first-order valence-corrected chi connectivity index (χ1v) is 9.79. The summed E-state index contributed by atoms with van der Waals surface area (Å²) in [5, 5.41) is 4.34. The molecule has 2 amide bonds. The van der Waals surface area contributed by atoms with Crippen LogP contribution in [0.2, 0.25) is 0 Å². The first-order chi connectivity index (χ1) is 14.5. The van der Waals surface area contributed by atoms with E-state index >= 15 is 0 Å². The number of benzene rings is 2. The average molecular weight is 406 g/mol. The van der Waals surface area contributed by atoms with Gasteiger partial charge < -0.3 is 4.74 Å². The van der Waals surface area contributed by atoms with Crippen molar-refractivity contribution in [3.63, 3.8) is 0 Å². The largest absolute Gasteiger partial charge is 0.483 e. The smallest absolute Gasteiger partial charge is 0.276 e. The minimum atomic E-state index is -0.431. The minimum absolute atomic E-state index is 0.203. The maximum atomic E-state index is 12.1. The molecule has 0 bridgehead atoms. The lowest BCUT2D eigenvalue weighted by Crippen LogP contribution is -2.43. The third kappa shape index (κ3) is 5.26. The van der Waals surface area contributed by atoms with Crippen LogP contribution >= 0.6 is 0 Å². The molecule has 1 heterocycles. The second-order valence-corrected chi connectivity index (χ2v) is 7.02. The highest BCUT2D eigenvalue weighted by atomic mass is 16.5. The molecular weight excluding hydrogens is 380 g/mol. The molecule has 0 saturated carbocycles. The van der Waals surface area contributed by atoms with E-state index in [2.05, 4.69) is 16.0 Å². The van der Waals surface area contributed by atoms with Gasteiger partial charge in [0.1, 0.15) is 5.75 Å². The molecule has 7 nitrogen and oxygen atoms in total. The number of hydrogen-bond acceptors (Lipinski definition) is 4. The Hall–Kier alpha value is -3.61. The number of hydrazine groups is 1. The highest BCUT2D eigenvalue weighted by Gasteiger charge is 2.12. The van der Waals surface area contributed by atoms with E-state index in [4.69, 9.17) is 4.74 Å². The van der Waals surface area contributed by atoms with Gasteiger partial charge in [0.2, 0.25) is 5.91 Å². The Balaban J connectivity index is 1.47. The maximum absolute atomic E-state index is 12.1. The van der Waals surface area contributed by atoms with Gasteiger partial charge in [-0.1, -0.05) is 48.5 Å². The number of para-hydroxylation sites is 1. The van der Waals surface area contributed by atoms with Crippen molar-refractivity contribution in [3.8, 4) is 16.9 Å². The van der Waals surface area contributed by atoms with Gasteiger partial charge in [-0.3, -0.25) is 25.1 Å². The Morgan fingerprint density at radius 3 is 2.33 bits per heavy atom. The highest BCUT2D eigenvalue weighted by Crippen LogP contribution is 2.29. The normalized spacial score (nSPS) is 10.5. The van der Waals surface area contributed by atoms with Gasteiger partial charge in [0.25, 0.3) is 5.91 Å². The second-order valence-electron chi connectivity index (χ2n) is 7.02. The number of ether oxygens (including phenoxy) is 1. The topological polar surface area (TPSA) is 85.3 Å². The van der Waals surface area contributed by atoms with Crippen LogP contribution < -0.4 is 15.6 Å². The SMILES string of the molecule is Cc1nn(C)c(C)c1CCC(=O)NNC(=O)COc1ccccc1-c1ccccc1. The summed E-state index contributed by atoms with van der Waals surface area (Å²) in [5.74, 6) is -0.0941. The van der Waals surface area contributed by atoms with E-state index in [-0.39, 0.29) is 18.9 Å². The Labute approximate surface area is 176 Å². The van der Waals surface area contributed by atoms with E-state index in [1.54, 1.807) is 4.68 Å². The molecule has 0 radical (unpaired) electrons. The fraction of sp³-hybridized carbons (Fsp3) is 0.261. The predicted octanol–water partition coefficient (Wildman–Crippen LogP) is 2.86. The zero-order valence-corrected chi connectivity index (χ0v) is 17.4. The fourth-order valence-corrected chi connectivity index (χ4v) is 3.25. The van der Waals surface area contributed by atoms with Gasteiger partial charge in [-0.05, 0) is 37.5 Å². The number of nitrogens with one attached hydrogen (secondary N) is 2. The summed E-state index contributed by atoms with van der Waals surface area (Å²) in [7, 11) is 1.88. The van der Waals surface area contributed by atoms with E-state index in [1.165, 1.54) is 0 Å². The van der Waals surface area contributed by atoms with Gasteiger partial charge in [0.15, 0.2) is 6.61 Å². The number of carbonyl (C=O) groups excluding carboxylic acids is 2. The lowest BCUT2D eigenvalue weighted by Gasteiger charge is -2.12. The Bertz CT molecular complexity index is 1030. The summed E-state index contributed by atoms with van der Waals surface area (Å²) in [4.78, 5) is 24.2. The molecule has 0 fully saturated rings. The number of carbonyl (C=O) groups is 2. The average Bonchev–Trinajstić information content (AvgIpc) is 3.01. The molecule has 3 aromatic rings. The molecule has 0 atom stereocenters. The van der Waals surface area contributed by atoms with Crippen molar-refractivity contribution in [3.05, 3.63) is 71.5 Å². The molecule has 30 heavy (non-hydrogen) atoms. The molecule has 3 rings (SSSR count). The lowest BCUT2D eigenvalue weighted by molar-refractivity contribution is -0.130. The molecule has 2 aromatic carbocycles. The van der Waals surface area contributed by atoms with Crippen molar-refractivity contribution in [1.29, 1.82) is 0 Å². The number of rotatable bonds is 7. The summed E-state index contributed by atoms with van der Waals surface area (Å²) < 4.78 is 7.48. The molecular formula is C23H26N4O3. The van der Waals surface area contributed by atoms with Crippen molar-refractivity contribution in [1.82, 2.24) is 20.6 Å². The van der Waals surface area contributed by atoms with Crippen LogP contribution in [0, 0.1) is 13.8 Å². The maximum Gasteiger partial charge on any atom is 0.276 e. The predicted molar refractivity (Wildman–Crippen MR) is 115 cm³/mol. The number of nitrogens with zero attached hydrogens (tertiary/aromatic N) is 2. The van der Waals surface area contributed by atoms with E-state index in [0.717, 1.165) is 28.1 Å². The van der Waals surface area contributed by atoms with E-state index in [1.807, 2.05) is 75.5 Å². The van der Waals surface area contributed by atoms with Gasteiger partial charge in [0, 0.05) is 24.7 Å². The van der Waals surface area contributed by atoms with Crippen LogP contribution in [0.5, 0.6) is 5.75 Å². The van der Waals surface area contributed by atoms with Crippen molar-refractivity contribution in [2.75, 3.05) is 6.61 Å². The highest BCUT2D eigenvalue weighted by molar-refractivity contribution is 5.83. The lowest BCUT2D eigenvalue weighted by atomic mass is 10.1. The molecule has 7 heteroatoms. The van der Waals surface area contributed by atoms with Gasteiger partial charge in [-0.15, -0.1) is 0 Å². The van der Waals surface area contributed by atoms with Crippen LogP contribution in [0.1, 0.15) is 23.4 Å². The molecule has 0 spiro atoms. The van der Waals surface area contributed by atoms with Crippen molar-refractivity contribution in [2.45, 2.75) is 26.7 Å². The van der Waals surface area contributed by atoms with Crippen LogP contribution in [0.15, 0.2) is 54.6 Å². The first kappa shape index (κ1) is 21.1. The number of aryl methyl sites for hydroxylation is 2. The van der Waals surface area contributed by atoms with Crippen molar-refractivity contribution >= 4 is 11.8 Å². The molecule has 0 aliphatic rings. The van der Waals surface area contributed by atoms with E-state index < -0.39 is 5.91 Å². The van der Waals surface area contributed by atoms with Crippen LogP contribution in [0.3, 0.4) is 0 Å². The van der Waals surface area contributed by atoms with Gasteiger partial charge in [-0.25, -0.2) is 0 Å². The second kappa shape index (κ2) is 9.73. The van der Waals surface area contributed by atoms with Crippen LogP contribution in [-0.2, 0) is 23.1 Å². The third-order valence-electron chi connectivity index (χ3n) is 4.93. The molecule has 1 aromatic heterocycles. The summed E-state index contributed by atoms with van der Waals surface area (Å²) in [6.45, 7) is 3.69. The van der Waals surface area contributed by atoms with Crippen molar-refractivity contribution < 1.29 is 14.3 Å². The number of amides is 2. The van der Waals surface area contributed by atoms with E-state index in [9.17, 15) is 9.59 Å². The first-order valence-electron chi connectivity index (χ1n) is 9.79. The van der Waals surface area contributed by atoms with E-state index in [0.29, 0.717) is 12.2 Å². The molecule has 2 N–H and O–H groups in total. The molecule has 0 saturated heterocycles. The Kier molecular flexibility index (Phi) is 6.85.